The third-order valence-electron chi connectivity index (χ3n) is 12.5. The summed E-state index contributed by atoms with van der Waals surface area (Å²) >= 11 is 0. The fourth-order valence-corrected chi connectivity index (χ4v) is 10.4. The van der Waals surface area contributed by atoms with E-state index in [1.54, 1.807) is 5.57 Å². The van der Waals surface area contributed by atoms with Crippen molar-refractivity contribution in [2.75, 3.05) is 0 Å². The first kappa shape index (κ1) is 29.2. The zero-order chi connectivity index (χ0) is 34.8. The lowest BCUT2D eigenvalue weighted by Gasteiger charge is -2.37. The lowest BCUT2D eigenvalue weighted by Crippen LogP contribution is -2.31. The second-order valence-electron chi connectivity index (χ2n) is 15.1. The Kier molecular flexibility index (Phi) is 5.81. The summed E-state index contributed by atoms with van der Waals surface area (Å²) in [5, 5.41) is 5.02. The molecular formula is C52H34O. The second-order valence-corrected chi connectivity index (χ2v) is 15.1. The Balaban J connectivity index is 1.06. The molecule has 0 fully saturated rings. The summed E-state index contributed by atoms with van der Waals surface area (Å²) in [5.74, 6) is 2.21. The molecule has 0 saturated carbocycles. The molecule has 8 aromatic carbocycles. The quantitative estimate of drug-likeness (QED) is 0.177. The van der Waals surface area contributed by atoms with E-state index in [-0.39, 0.29) is 5.41 Å². The molecule has 0 saturated heterocycles. The van der Waals surface area contributed by atoms with Crippen molar-refractivity contribution in [1.29, 1.82) is 0 Å². The normalized spacial score (nSPS) is 18.7. The largest absolute Gasteiger partial charge is 0.456 e. The van der Waals surface area contributed by atoms with E-state index in [0.717, 1.165) is 23.5 Å². The summed E-state index contributed by atoms with van der Waals surface area (Å²) in [6.45, 7) is 2.45. The molecule has 0 aromatic heterocycles. The minimum atomic E-state index is -0.339. The van der Waals surface area contributed by atoms with E-state index < -0.39 is 0 Å². The molecule has 0 bridgehead atoms. The van der Waals surface area contributed by atoms with Crippen LogP contribution in [0.2, 0.25) is 0 Å². The van der Waals surface area contributed by atoms with E-state index in [2.05, 4.69) is 177 Å². The van der Waals surface area contributed by atoms with Crippen molar-refractivity contribution in [2.24, 2.45) is 5.92 Å². The number of allylic oxidation sites excluding steroid dienone is 4. The van der Waals surface area contributed by atoms with Gasteiger partial charge in [0.2, 0.25) is 0 Å². The maximum atomic E-state index is 6.45. The molecule has 1 nitrogen and oxygen atoms in total. The molecule has 3 aliphatic carbocycles. The van der Waals surface area contributed by atoms with Gasteiger partial charge in [-0.25, -0.2) is 0 Å². The van der Waals surface area contributed by atoms with E-state index in [0.29, 0.717) is 5.92 Å². The van der Waals surface area contributed by atoms with Gasteiger partial charge in [-0.3, -0.25) is 0 Å². The Labute approximate surface area is 309 Å². The Morgan fingerprint density at radius 3 is 2.11 bits per heavy atom. The summed E-state index contributed by atoms with van der Waals surface area (Å²) in [6, 6.07) is 60.9. The van der Waals surface area contributed by atoms with Crippen molar-refractivity contribution >= 4 is 32.7 Å². The zero-order valence-corrected chi connectivity index (χ0v) is 29.4. The topological polar surface area (TPSA) is 9.23 Å². The maximum Gasteiger partial charge on any atom is 0.135 e. The first-order valence-corrected chi connectivity index (χ1v) is 18.8. The SMILES string of the molecule is CC1CC=C(c2cccc(-c3ccc4c(c3)-c3cccc5cccc(c35)O4)c2)C2=C1C1(c3ccccc32)c2ccccc2-c2c1ccc1ccccc21. The standard InChI is InChI=1S/C52H34O/c1-31-23-26-38(36-15-8-14-34(29-36)35-25-28-46-42(30-35)39-19-9-12-33-13-10-22-47(53-46)48(33)39)50-41-18-5-7-21-44(41)52(51(31)50)43-20-6-4-17-40(43)49-37-16-3-2-11-32(37)24-27-45(49)52/h2-22,24-31H,23H2,1H3. The lowest BCUT2D eigenvalue weighted by molar-refractivity contribution is 0.487. The van der Waals surface area contributed by atoms with E-state index in [4.69, 9.17) is 4.74 Å². The summed E-state index contributed by atoms with van der Waals surface area (Å²) in [4.78, 5) is 0. The van der Waals surface area contributed by atoms with Crippen molar-refractivity contribution in [3.05, 3.63) is 203 Å². The van der Waals surface area contributed by atoms with Crippen LogP contribution < -0.4 is 4.74 Å². The van der Waals surface area contributed by atoms with Gasteiger partial charge in [-0.2, -0.15) is 0 Å². The molecule has 0 radical (unpaired) electrons. The number of hydrogen-bond acceptors (Lipinski definition) is 1. The molecule has 0 N–H and O–H groups in total. The van der Waals surface area contributed by atoms with Gasteiger partial charge >= 0.3 is 0 Å². The Morgan fingerprint density at radius 1 is 0.509 bits per heavy atom. The molecule has 0 amide bonds. The predicted octanol–water partition coefficient (Wildman–Crippen LogP) is 13.6. The monoisotopic (exact) mass is 674 g/mol. The van der Waals surface area contributed by atoms with Crippen molar-refractivity contribution in [3.63, 3.8) is 0 Å². The van der Waals surface area contributed by atoms with Gasteiger partial charge in [0, 0.05) is 10.9 Å². The third-order valence-corrected chi connectivity index (χ3v) is 12.5. The average molecular weight is 675 g/mol. The van der Waals surface area contributed by atoms with Crippen molar-refractivity contribution in [2.45, 2.75) is 18.8 Å². The summed E-state index contributed by atoms with van der Waals surface area (Å²) in [7, 11) is 0. The van der Waals surface area contributed by atoms with Gasteiger partial charge in [-0.15, -0.1) is 0 Å². The number of rotatable bonds is 2. The molecule has 12 rings (SSSR count). The highest BCUT2D eigenvalue weighted by Crippen LogP contribution is 2.67. The number of fused-ring (bicyclic) bond motifs is 13. The van der Waals surface area contributed by atoms with Crippen LogP contribution in [-0.4, -0.2) is 0 Å². The van der Waals surface area contributed by atoms with Crippen molar-refractivity contribution < 1.29 is 4.74 Å². The van der Waals surface area contributed by atoms with Crippen LogP contribution in [0.15, 0.2) is 175 Å². The average Bonchev–Trinajstić information content (AvgIpc) is 3.70. The number of ether oxygens (including phenoxy) is 1. The lowest BCUT2D eigenvalue weighted by atomic mass is 9.64. The first-order valence-electron chi connectivity index (χ1n) is 18.8. The molecule has 248 valence electrons. The van der Waals surface area contributed by atoms with E-state index >= 15 is 0 Å². The summed E-state index contributed by atoms with van der Waals surface area (Å²) in [5.41, 5.74) is 18.4. The van der Waals surface area contributed by atoms with Crippen LogP contribution in [0.5, 0.6) is 11.5 Å². The number of benzene rings is 8. The van der Waals surface area contributed by atoms with E-state index in [9.17, 15) is 0 Å². The van der Waals surface area contributed by atoms with Gasteiger partial charge in [-0.05, 0) is 125 Å². The Hall–Kier alpha value is -6.44. The van der Waals surface area contributed by atoms with Crippen LogP contribution in [0.3, 0.4) is 0 Å². The molecule has 1 heterocycles. The molecule has 1 heteroatoms. The minimum Gasteiger partial charge on any atom is -0.456 e. The van der Waals surface area contributed by atoms with Crippen LogP contribution in [0.25, 0.3) is 66.1 Å². The van der Waals surface area contributed by atoms with E-state index in [1.165, 1.54) is 88.3 Å². The highest BCUT2D eigenvalue weighted by atomic mass is 16.5. The molecule has 4 aliphatic rings. The van der Waals surface area contributed by atoms with Crippen LogP contribution in [0.4, 0.5) is 0 Å². The predicted molar refractivity (Wildman–Crippen MR) is 219 cm³/mol. The molecule has 2 unspecified atom stereocenters. The second kappa shape index (κ2) is 10.6. The van der Waals surface area contributed by atoms with Gasteiger partial charge in [0.25, 0.3) is 0 Å². The van der Waals surface area contributed by atoms with Crippen LogP contribution in [0.1, 0.15) is 41.2 Å². The molecule has 8 aromatic rings. The van der Waals surface area contributed by atoms with Gasteiger partial charge in [0.05, 0.1) is 5.41 Å². The maximum absolute atomic E-state index is 6.45. The fraction of sp³-hybridized carbons (Fsp3) is 0.0769. The van der Waals surface area contributed by atoms with Crippen LogP contribution in [-0.2, 0) is 5.41 Å². The fourth-order valence-electron chi connectivity index (χ4n) is 10.4. The number of hydrogen-bond donors (Lipinski definition) is 0. The van der Waals surface area contributed by atoms with Gasteiger partial charge in [0.1, 0.15) is 11.5 Å². The van der Waals surface area contributed by atoms with Crippen LogP contribution >= 0.6 is 0 Å². The molecule has 2 atom stereocenters. The summed E-state index contributed by atoms with van der Waals surface area (Å²) in [6.07, 6.45) is 3.51. The first-order chi connectivity index (χ1) is 26.2. The molecule has 1 aliphatic heterocycles. The van der Waals surface area contributed by atoms with Crippen molar-refractivity contribution in [1.82, 2.24) is 0 Å². The highest BCUT2D eigenvalue weighted by molar-refractivity contribution is 6.15. The van der Waals surface area contributed by atoms with Crippen LogP contribution in [0, 0.1) is 5.92 Å². The zero-order valence-electron chi connectivity index (χ0n) is 29.4. The van der Waals surface area contributed by atoms with Gasteiger partial charge in [-0.1, -0.05) is 153 Å². The summed E-state index contributed by atoms with van der Waals surface area (Å²) < 4.78 is 6.45. The van der Waals surface area contributed by atoms with Gasteiger partial charge < -0.3 is 4.74 Å². The third kappa shape index (κ3) is 3.76. The highest BCUT2D eigenvalue weighted by Gasteiger charge is 2.55. The molecule has 53 heavy (non-hydrogen) atoms. The Morgan fingerprint density at radius 2 is 1.21 bits per heavy atom. The van der Waals surface area contributed by atoms with Crippen molar-refractivity contribution in [3.8, 4) is 44.9 Å². The Bertz CT molecular complexity index is 2970. The molecule has 1 spiro atoms. The smallest absolute Gasteiger partial charge is 0.135 e. The molecular weight excluding hydrogens is 641 g/mol. The van der Waals surface area contributed by atoms with Gasteiger partial charge in [0.15, 0.2) is 0 Å². The van der Waals surface area contributed by atoms with E-state index in [1.807, 2.05) is 0 Å². The minimum absolute atomic E-state index is 0.339.